The Bertz CT molecular complexity index is 1150. The van der Waals surface area contributed by atoms with E-state index in [-0.39, 0.29) is 23.2 Å². The van der Waals surface area contributed by atoms with Gasteiger partial charge in [-0.1, -0.05) is 0 Å². The molecule has 1 N–H and O–H groups in total. The van der Waals surface area contributed by atoms with Crippen LogP contribution in [0, 0.1) is 21.4 Å². The minimum Gasteiger partial charge on any atom is -0.480 e. The van der Waals surface area contributed by atoms with Crippen molar-refractivity contribution in [1.29, 1.82) is 5.26 Å². The lowest BCUT2D eigenvalue weighted by Gasteiger charge is -2.33. The van der Waals surface area contributed by atoms with Crippen LogP contribution < -0.4 is 15.0 Å². The Morgan fingerprint density at radius 2 is 2.23 bits per heavy atom. The second-order valence-corrected chi connectivity index (χ2v) is 7.06. The molecule has 0 radical (unpaired) electrons. The summed E-state index contributed by atoms with van der Waals surface area (Å²) in [7, 11) is 3.37. The fourth-order valence-corrected chi connectivity index (χ4v) is 3.70. The highest BCUT2D eigenvalue weighted by molar-refractivity contribution is 5.81. The van der Waals surface area contributed by atoms with E-state index in [2.05, 4.69) is 25.2 Å². The summed E-state index contributed by atoms with van der Waals surface area (Å²) in [5.74, 6) is 1.40. The van der Waals surface area contributed by atoms with Crippen molar-refractivity contribution in [1.82, 2.24) is 19.5 Å². The summed E-state index contributed by atoms with van der Waals surface area (Å²) in [6.07, 6.45) is 3.30. The van der Waals surface area contributed by atoms with Gasteiger partial charge < -0.3 is 19.5 Å². The van der Waals surface area contributed by atoms with Crippen molar-refractivity contribution in [3.63, 3.8) is 0 Å². The Hall–Kier alpha value is -3.94. The smallest absolute Gasteiger partial charge is 0.271 e. The quantitative estimate of drug-likeness (QED) is 0.498. The van der Waals surface area contributed by atoms with Gasteiger partial charge in [0.1, 0.15) is 11.6 Å². The topological polar surface area (TPSA) is 135 Å². The first-order valence-corrected chi connectivity index (χ1v) is 9.43. The highest BCUT2D eigenvalue weighted by atomic mass is 16.6. The number of piperidine rings is 1. The number of fused-ring (bicyclic) bond motifs is 1. The predicted octanol–water partition coefficient (Wildman–Crippen LogP) is 2.23. The minimum atomic E-state index is -0.416. The number of hydrogen-bond acceptors (Lipinski definition) is 9. The van der Waals surface area contributed by atoms with Crippen molar-refractivity contribution in [2.75, 3.05) is 30.4 Å². The van der Waals surface area contributed by atoms with E-state index < -0.39 is 4.92 Å². The lowest BCUT2D eigenvalue weighted by molar-refractivity contribution is -0.384. The number of non-ortho nitro benzene ring substituents is 1. The van der Waals surface area contributed by atoms with Gasteiger partial charge in [0.05, 0.1) is 29.3 Å². The average Bonchev–Trinajstić information content (AvgIpc) is 3.09. The molecule has 1 saturated heterocycles. The van der Waals surface area contributed by atoms with Crippen molar-refractivity contribution in [2.45, 2.75) is 18.9 Å². The molecule has 0 spiro atoms. The summed E-state index contributed by atoms with van der Waals surface area (Å²) in [4.78, 5) is 25.9. The number of nitro benzene ring substituents is 1. The number of nitrogens with one attached hydrogen (secondary N) is 1. The van der Waals surface area contributed by atoms with Crippen LogP contribution in [0.3, 0.4) is 0 Å². The van der Waals surface area contributed by atoms with Crippen LogP contribution in [0.5, 0.6) is 5.88 Å². The zero-order valence-electron chi connectivity index (χ0n) is 16.6. The molecule has 2 aromatic heterocycles. The van der Waals surface area contributed by atoms with E-state index in [1.54, 1.807) is 6.07 Å². The highest BCUT2D eigenvalue weighted by Crippen LogP contribution is 2.27. The first-order valence-electron chi connectivity index (χ1n) is 9.43. The zero-order chi connectivity index (χ0) is 21.3. The number of imidazole rings is 1. The Morgan fingerprint density at radius 1 is 1.40 bits per heavy atom. The third-order valence-electron chi connectivity index (χ3n) is 5.16. The molecule has 1 atom stereocenters. The van der Waals surface area contributed by atoms with Gasteiger partial charge in [0.15, 0.2) is 0 Å². The molecule has 0 bridgehead atoms. The van der Waals surface area contributed by atoms with Gasteiger partial charge in [0.2, 0.25) is 17.8 Å². The molecular weight excluding hydrogens is 388 g/mol. The number of anilines is 2. The Labute approximate surface area is 172 Å². The van der Waals surface area contributed by atoms with Gasteiger partial charge in [-0.2, -0.15) is 10.2 Å². The van der Waals surface area contributed by atoms with Crippen LogP contribution in [0.15, 0.2) is 24.4 Å². The molecule has 1 aromatic carbocycles. The lowest BCUT2D eigenvalue weighted by Crippen LogP contribution is -2.43. The molecule has 3 aromatic rings. The van der Waals surface area contributed by atoms with E-state index in [0.717, 1.165) is 30.9 Å². The van der Waals surface area contributed by atoms with Crippen LogP contribution in [-0.4, -0.2) is 50.7 Å². The van der Waals surface area contributed by atoms with Crippen molar-refractivity contribution < 1.29 is 9.66 Å². The summed E-state index contributed by atoms with van der Waals surface area (Å²) in [5, 5.41) is 23.4. The van der Waals surface area contributed by atoms with Crippen LogP contribution in [-0.2, 0) is 7.05 Å². The molecule has 0 saturated carbocycles. The van der Waals surface area contributed by atoms with Crippen LogP contribution >= 0.6 is 0 Å². The SMILES string of the molecule is COc1nc(NC2CCCN(c3nc4cc([N+](=O)[O-])ccc4n3C)C2)ncc1C#N. The van der Waals surface area contributed by atoms with Crippen LogP contribution in [0.25, 0.3) is 11.0 Å². The van der Waals surface area contributed by atoms with Gasteiger partial charge in [-0.05, 0) is 18.9 Å². The fourth-order valence-electron chi connectivity index (χ4n) is 3.70. The predicted molar refractivity (Wildman–Crippen MR) is 110 cm³/mol. The second-order valence-electron chi connectivity index (χ2n) is 7.06. The number of aryl methyl sites for hydroxylation is 1. The number of ether oxygens (including phenoxy) is 1. The summed E-state index contributed by atoms with van der Waals surface area (Å²) < 4.78 is 7.09. The van der Waals surface area contributed by atoms with Crippen LogP contribution in [0.4, 0.5) is 17.6 Å². The van der Waals surface area contributed by atoms with E-state index >= 15 is 0 Å². The second kappa shape index (κ2) is 7.82. The average molecular weight is 408 g/mol. The van der Waals surface area contributed by atoms with Crippen LogP contribution in [0.2, 0.25) is 0 Å². The monoisotopic (exact) mass is 408 g/mol. The Balaban J connectivity index is 1.55. The van der Waals surface area contributed by atoms with Crippen molar-refractivity contribution in [2.24, 2.45) is 7.05 Å². The highest BCUT2D eigenvalue weighted by Gasteiger charge is 2.25. The van der Waals surface area contributed by atoms with Gasteiger partial charge in [-0.15, -0.1) is 0 Å². The lowest BCUT2D eigenvalue weighted by atomic mass is 10.1. The maximum Gasteiger partial charge on any atom is 0.271 e. The maximum atomic E-state index is 11.1. The molecule has 1 aliphatic heterocycles. The number of hydrogen-bond donors (Lipinski definition) is 1. The third kappa shape index (κ3) is 3.55. The zero-order valence-corrected chi connectivity index (χ0v) is 16.6. The van der Waals surface area contributed by atoms with E-state index in [4.69, 9.17) is 10.00 Å². The molecule has 0 aliphatic carbocycles. The van der Waals surface area contributed by atoms with Gasteiger partial charge in [0.25, 0.3) is 5.69 Å². The number of methoxy groups -OCH3 is 1. The number of nitriles is 1. The van der Waals surface area contributed by atoms with Crippen LogP contribution in [0.1, 0.15) is 18.4 Å². The minimum absolute atomic E-state index is 0.0252. The third-order valence-corrected chi connectivity index (χ3v) is 5.16. The van der Waals surface area contributed by atoms with Gasteiger partial charge in [0, 0.05) is 38.3 Å². The molecule has 11 nitrogen and oxygen atoms in total. The molecule has 1 aliphatic rings. The number of nitrogens with zero attached hydrogens (tertiary/aromatic N) is 7. The fraction of sp³-hybridized carbons (Fsp3) is 0.368. The number of rotatable bonds is 5. The summed E-state index contributed by atoms with van der Waals surface area (Å²) >= 11 is 0. The number of aromatic nitrogens is 4. The van der Waals surface area contributed by atoms with E-state index in [1.807, 2.05) is 17.7 Å². The van der Waals surface area contributed by atoms with E-state index in [0.29, 0.717) is 18.0 Å². The number of nitro groups is 1. The van der Waals surface area contributed by atoms with Crippen molar-refractivity contribution in [3.05, 3.63) is 40.1 Å². The molecule has 154 valence electrons. The molecule has 3 heterocycles. The van der Waals surface area contributed by atoms with Gasteiger partial charge in [-0.25, -0.2) is 9.97 Å². The summed E-state index contributed by atoms with van der Waals surface area (Å²) in [5.41, 5.74) is 1.74. The molecule has 30 heavy (non-hydrogen) atoms. The van der Waals surface area contributed by atoms with Crippen molar-refractivity contribution in [3.8, 4) is 11.9 Å². The Morgan fingerprint density at radius 3 is 2.97 bits per heavy atom. The number of benzene rings is 1. The largest absolute Gasteiger partial charge is 0.480 e. The standard InChI is InChI=1S/C19H20N8O3/c1-25-16-6-5-14(27(28)29)8-15(16)23-19(25)26-7-3-4-13(11-26)22-18-21-10-12(9-20)17(24-18)30-2/h5-6,8,10,13H,3-4,7,11H2,1-2H3,(H,21,22,24). The molecule has 1 fully saturated rings. The molecule has 1 unspecified atom stereocenters. The van der Waals surface area contributed by atoms with E-state index in [1.165, 1.54) is 25.4 Å². The molecule has 11 heteroatoms. The Kier molecular flexibility index (Phi) is 5.05. The van der Waals surface area contributed by atoms with Gasteiger partial charge >= 0.3 is 0 Å². The van der Waals surface area contributed by atoms with E-state index in [9.17, 15) is 10.1 Å². The molecule has 4 rings (SSSR count). The molecular formula is C19H20N8O3. The molecule has 0 amide bonds. The van der Waals surface area contributed by atoms with Gasteiger partial charge in [-0.3, -0.25) is 10.1 Å². The maximum absolute atomic E-state index is 11.1. The summed E-state index contributed by atoms with van der Waals surface area (Å²) in [6.45, 7) is 1.50. The summed E-state index contributed by atoms with van der Waals surface area (Å²) in [6, 6.07) is 6.78. The van der Waals surface area contributed by atoms with Crippen molar-refractivity contribution >= 4 is 28.6 Å². The normalized spacial score (nSPS) is 16.3. The first-order chi connectivity index (χ1) is 14.5. The first kappa shape index (κ1) is 19.4.